The Kier molecular flexibility index (Phi) is 4.13. The molecule has 0 fully saturated rings. The summed E-state index contributed by atoms with van der Waals surface area (Å²) in [6, 6.07) is 7.16. The molecule has 0 aliphatic heterocycles. The second-order valence-electron chi connectivity index (χ2n) is 3.52. The largest absolute Gasteiger partial charge is 0.329 e. The SMILES string of the molecule is CS(=O)(=O)C(CN)Cc1cccc(Cl)c1. The number of halogens is 1. The van der Waals surface area contributed by atoms with Gasteiger partial charge in [0.25, 0.3) is 0 Å². The van der Waals surface area contributed by atoms with Crippen LogP contribution in [0.15, 0.2) is 24.3 Å². The van der Waals surface area contributed by atoms with Gasteiger partial charge in [0.05, 0.1) is 5.25 Å². The summed E-state index contributed by atoms with van der Waals surface area (Å²) >= 11 is 5.81. The Morgan fingerprint density at radius 1 is 1.47 bits per heavy atom. The van der Waals surface area contributed by atoms with Crippen molar-refractivity contribution in [3.8, 4) is 0 Å². The monoisotopic (exact) mass is 247 g/mol. The van der Waals surface area contributed by atoms with Crippen molar-refractivity contribution in [2.75, 3.05) is 12.8 Å². The van der Waals surface area contributed by atoms with Gasteiger partial charge in [0.15, 0.2) is 9.84 Å². The van der Waals surface area contributed by atoms with Gasteiger partial charge in [-0.15, -0.1) is 0 Å². The first-order chi connectivity index (χ1) is 6.93. The molecule has 15 heavy (non-hydrogen) atoms. The van der Waals surface area contributed by atoms with Gasteiger partial charge < -0.3 is 5.73 Å². The fourth-order valence-electron chi connectivity index (χ4n) is 1.34. The minimum absolute atomic E-state index is 0.130. The standard InChI is InChI=1S/C10H14ClNO2S/c1-15(13,14)10(7-12)6-8-3-2-4-9(11)5-8/h2-5,10H,6-7,12H2,1H3. The van der Waals surface area contributed by atoms with Gasteiger partial charge in [-0.2, -0.15) is 0 Å². The number of sulfone groups is 1. The van der Waals surface area contributed by atoms with Crippen LogP contribution in [0.5, 0.6) is 0 Å². The van der Waals surface area contributed by atoms with Crippen LogP contribution < -0.4 is 5.73 Å². The Balaban J connectivity index is 2.85. The lowest BCUT2D eigenvalue weighted by molar-refractivity contribution is 0.584. The summed E-state index contributed by atoms with van der Waals surface area (Å²) in [5, 5.41) is 0.0766. The fourth-order valence-corrected chi connectivity index (χ4v) is 2.39. The van der Waals surface area contributed by atoms with Crippen molar-refractivity contribution in [1.29, 1.82) is 0 Å². The average molecular weight is 248 g/mol. The van der Waals surface area contributed by atoms with Crippen LogP contribution in [-0.2, 0) is 16.3 Å². The molecule has 84 valence electrons. The van der Waals surface area contributed by atoms with Crippen LogP contribution >= 0.6 is 11.6 Å². The summed E-state index contributed by atoms with van der Waals surface area (Å²) in [5.74, 6) is 0. The summed E-state index contributed by atoms with van der Waals surface area (Å²) in [6.07, 6.45) is 1.62. The topological polar surface area (TPSA) is 60.2 Å². The second-order valence-corrected chi connectivity index (χ2v) is 6.28. The average Bonchev–Trinajstić information content (AvgIpc) is 2.12. The highest BCUT2D eigenvalue weighted by atomic mass is 35.5. The lowest BCUT2D eigenvalue weighted by atomic mass is 10.1. The molecule has 0 saturated heterocycles. The molecule has 0 saturated carbocycles. The number of hydrogen-bond donors (Lipinski definition) is 1. The predicted molar refractivity (Wildman–Crippen MR) is 62.8 cm³/mol. The molecule has 0 aromatic heterocycles. The van der Waals surface area contributed by atoms with Crippen molar-refractivity contribution < 1.29 is 8.42 Å². The second kappa shape index (κ2) is 4.96. The van der Waals surface area contributed by atoms with Crippen LogP contribution in [-0.4, -0.2) is 26.5 Å². The molecule has 0 bridgehead atoms. The first-order valence-electron chi connectivity index (χ1n) is 4.57. The Labute approximate surface area is 95.2 Å². The fraction of sp³-hybridized carbons (Fsp3) is 0.400. The van der Waals surface area contributed by atoms with E-state index in [2.05, 4.69) is 0 Å². The molecule has 1 aromatic rings. The molecule has 1 rings (SSSR count). The third-order valence-electron chi connectivity index (χ3n) is 2.22. The van der Waals surface area contributed by atoms with Gasteiger partial charge in [-0.25, -0.2) is 8.42 Å². The van der Waals surface area contributed by atoms with Crippen LogP contribution in [0, 0.1) is 0 Å². The van der Waals surface area contributed by atoms with Crippen LogP contribution in [0.2, 0.25) is 5.02 Å². The third kappa shape index (κ3) is 3.81. The van der Waals surface area contributed by atoms with Gasteiger partial charge in [-0.1, -0.05) is 23.7 Å². The molecule has 1 unspecified atom stereocenters. The normalized spacial score (nSPS) is 13.8. The Morgan fingerprint density at radius 2 is 2.13 bits per heavy atom. The van der Waals surface area contributed by atoms with E-state index in [4.69, 9.17) is 17.3 Å². The number of nitrogens with two attached hydrogens (primary N) is 1. The quantitative estimate of drug-likeness (QED) is 0.871. The molecule has 2 N–H and O–H groups in total. The van der Waals surface area contributed by atoms with E-state index in [1.54, 1.807) is 18.2 Å². The lowest BCUT2D eigenvalue weighted by Crippen LogP contribution is -2.30. The maximum atomic E-state index is 11.3. The zero-order valence-electron chi connectivity index (χ0n) is 8.48. The summed E-state index contributed by atoms with van der Waals surface area (Å²) in [7, 11) is -3.09. The number of hydrogen-bond acceptors (Lipinski definition) is 3. The Morgan fingerprint density at radius 3 is 2.60 bits per heavy atom. The lowest BCUT2D eigenvalue weighted by Gasteiger charge is -2.12. The number of rotatable bonds is 4. The molecular formula is C10H14ClNO2S. The van der Waals surface area contributed by atoms with E-state index in [0.29, 0.717) is 11.4 Å². The predicted octanol–water partition coefficient (Wildman–Crippen LogP) is 1.25. The van der Waals surface area contributed by atoms with Crippen molar-refractivity contribution in [1.82, 2.24) is 0 Å². The van der Waals surface area contributed by atoms with E-state index in [-0.39, 0.29) is 6.54 Å². The zero-order chi connectivity index (χ0) is 11.5. The first kappa shape index (κ1) is 12.5. The van der Waals surface area contributed by atoms with E-state index in [0.717, 1.165) is 5.56 Å². The molecule has 0 aliphatic rings. The first-order valence-corrected chi connectivity index (χ1v) is 6.90. The highest BCUT2D eigenvalue weighted by Gasteiger charge is 2.19. The summed E-state index contributed by atoms with van der Waals surface area (Å²) in [6.45, 7) is 0.130. The Bertz CT molecular complexity index is 431. The van der Waals surface area contributed by atoms with Crippen molar-refractivity contribution in [2.45, 2.75) is 11.7 Å². The van der Waals surface area contributed by atoms with Gasteiger partial charge in [0.1, 0.15) is 0 Å². The molecule has 3 nitrogen and oxygen atoms in total. The highest BCUT2D eigenvalue weighted by Crippen LogP contribution is 2.14. The molecule has 5 heteroatoms. The summed E-state index contributed by atoms with van der Waals surface area (Å²) < 4.78 is 22.7. The minimum atomic E-state index is -3.09. The van der Waals surface area contributed by atoms with E-state index < -0.39 is 15.1 Å². The van der Waals surface area contributed by atoms with Crippen molar-refractivity contribution in [2.24, 2.45) is 5.73 Å². The van der Waals surface area contributed by atoms with Gasteiger partial charge in [0.2, 0.25) is 0 Å². The van der Waals surface area contributed by atoms with Gasteiger partial charge in [0, 0.05) is 17.8 Å². The van der Waals surface area contributed by atoms with Crippen molar-refractivity contribution in [3.63, 3.8) is 0 Å². The summed E-state index contributed by atoms with van der Waals surface area (Å²) in [5.41, 5.74) is 6.32. The van der Waals surface area contributed by atoms with Gasteiger partial charge in [-0.3, -0.25) is 0 Å². The molecule has 0 radical (unpaired) electrons. The van der Waals surface area contributed by atoms with E-state index in [9.17, 15) is 8.42 Å². The molecule has 0 amide bonds. The van der Waals surface area contributed by atoms with E-state index in [1.807, 2.05) is 6.07 Å². The van der Waals surface area contributed by atoms with Crippen LogP contribution in [0.1, 0.15) is 5.56 Å². The van der Waals surface area contributed by atoms with E-state index in [1.165, 1.54) is 6.26 Å². The van der Waals surface area contributed by atoms with Gasteiger partial charge >= 0.3 is 0 Å². The molecule has 0 aliphatic carbocycles. The maximum Gasteiger partial charge on any atom is 0.151 e. The minimum Gasteiger partial charge on any atom is -0.329 e. The van der Waals surface area contributed by atoms with Crippen LogP contribution in [0.25, 0.3) is 0 Å². The molecule has 0 spiro atoms. The van der Waals surface area contributed by atoms with Crippen molar-refractivity contribution >= 4 is 21.4 Å². The molecule has 1 atom stereocenters. The maximum absolute atomic E-state index is 11.3. The van der Waals surface area contributed by atoms with E-state index >= 15 is 0 Å². The number of benzene rings is 1. The van der Waals surface area contributed by atoms with Crippen molar-refractivity contribution in [3.05, 3.63) is 34.9 Å². The van der Waals surface area contributed by atoms with Crippen LogP contribution in [0.3, 0.4) is 0 Å². The smallest absolute Gasteiger partial charge is 0.151 e. The third-order valence-corrected chi connectivity index (χ3v) is 4.03. The highest BCUT2D eigenvalue weighted by molar-refractivity contribution is 7.91. The van der Waals surface area contributed by atoms with Crippen LogP contribution in [0.4, 0.5) is 0 Å². The zero-order valence-corrected chi connectivity index (χ0v) is 10.1. The van der Waals surface area contributed by atoms with Gasteiger partial charge in [-0.05, 0) is 24.1 Å². The molecule has 1 aromatic carbocycles. The Hall–Kier alpha value is -0.580. The summed E-state index contributed by atoms with van der Waals surface area (Å²) in [4.78, 5) is 0. The molecule has 0 heterocycles. The molecular weight excluding hydrogens is 234 g/mol.